The van der Waals surface area contributed by atoms with Crippen molar-refractivity contribution < 1.29 is 0 Å². The summed E-state index contributed by atoms with van der Waals surface area (Å²) in [4.78, 5) is 0. The summed E-state index contributed by atoms with van der Waals surface area (Å²) in [5.74, 6) is 0. The van der Waals surface area contributed by atoms with Crippen LogP contribution in [0.4, 0.5) is 0 Å². The van der Waals surface area contributed by atoms with E-state index in [2.05, 4.69) is 193 Å². The summed E-state index contributed by atoms with van der Waals surface area (Å²) in [5.41, 5.74) is 10.9. The van der Waals surface area contributed by atoms with Gasteiger partial charge in [0.15, 0.2) is 0 Å². The molecule has 228 valence electrons. The molecule has 10 aromatic rings. The molecule has 9 aromatic carbocycles. The Hall–Kier alpha value is -6.44. The molecule has 0 saturated carbocycles. The second-order valence-corrected chi connectivity index (χ2v) is 12.9. The first kappa shape index (κ1) is 27.7. The number of benzene rings is 9. The van der Waals surface area contributed by atoms with Crippen molar-refractivity contribution in [2.75, 3.05) is 0 Å². The van der Waals surface area contributed by atoms with Crippen LogP contribution in [0, 0.1) is 0 Å². The zero-order chi connectivity index (χ0) is 32.3. The van der Waals surface area contributed by atoms with Gasteiger partial charge in [-0.1, -0.05) is 152 Å². The van der Waals surface area contributed by atoms with Crippen LogP contribution >= 0.6 is 0 Å². The fraction of sp³-hybridized carbons (Fsp3) is 0. The lowest BCUT2D eigenvalue weighted by Crippen LogP contribution is -1.95. The molecule has 0 radical (unpaired) electrons. The summed E-state index contributed by atoms with van der Waals surface area (Å²) < 4.78 is 2.43. The Morgan fingerprint density at radius 3 is 1.57 bits per heavy atom. The number of nitrogens with zero attached hydrogens (tertiary/aromatic N) is 1. The normalized spacial score (nSPS) is 11.7. The lowest BCUT2D eigenvalue weighted by molar-refractivity contribution is 1.18. The van der Waals surface area contributed by atoms with Gasteiger partial charge in [-0.3, -0.25) is 0 Å². The Balaban J connectivity index is 1.25. The van der Waals surface area contributed by atoms with Gasteiger partial charge in [0.1, 0.15) is 0 Å². The van der Waals surface area contributed by atoms with E-state index in [1.165, 1.54) is 87.5 Å². The molecule has 0 saturated heterocycles. The van der Waals surface area contributed by atoms with E-state index >= 15 is 0 Å². The van der Waals surface area contributed by atoms with Crippen LogP contribution in [0.5, 0.6) is 0 Å². The largest absolute Gasteiger partial charge is 0.309 e. The first-order chi connectivity index (χ1) is 24.3. The molecule has 1 aromatic heterocycles. The minimum Gasteiger partial charge on any atom is -0.309 e. The quantitative estimate of drug-likeness (QED) is 0.172. The maximum atomic E-state index is 2.43. The maximum absolute atomic E-state index is 2.43. The first-order valence-electron chi connectivity index (χ1n) is 16.9. The minimum atomic E-state index is 1.15. The van der Waals surface area contributed by atoms with Crippen molar-refractivity contribution in [1.29, 1.82) is 0 Å². The van der Waals surface area contributed by atoms with Crippen molar-refractivity contribution in [3.63, 3.8) is 0 Å². The summed E-state index contributed by atoms with van der Waals surface area (Å²) in [6.45, 7) is 0. The van der Waals surface area contributed by atoms with Crippen molar-refractivity contribution >= 4 is 54.1 Å². The van der Waals surface area contributed by atoms with Gasteiger partial charge in [0.2, 0.25) is 0 Å². The molecule has 0 bridgehead atoms. The first-order valence-corrected chi connectivity index (χ1v) is 16.9. The van der Waals surface area contributed by atoms with Gasteiger partial charge >= 0.3 is 0 Å². The maximum Gasteiger partial charge on any atom is 0.0547 e. The number of rotatable bonds is 4. The molecule has 0 unspecified atom stereocenters. The number of hydrogen-bond acceptors (Lipinski definition) is 0. The minimum absolute atomic E-state index is 1.15. The average Bonchev–Trinajstić information content (AvgIpc) is 3.52. The molecular weight excluding hydrogens is 591 g/mol. The van der Waals surface area contributed by atoms with Gasteiger partial charge in [0, 0.05) is 16.5 Å². The van der Waals surface area contributed by atoms with E-state index in [1.807, 2.05) is 0 Å². The molecule has 0 amide bonds. The smallest absolute Gasteiger partial charge is 0.0547 e. The fourth-order valence-electron chi connectivity index (χ4n) is 7.93. The van der Waals surface area contributed by atoms with Crippen molar-refractivity contribution in [2.24, 2.45) is 0 Å². The van der Waals surface area contributed by atoms with Crippen molar-refractivity contribution in [3.05, 3.63) is 188 Å². The van der Waals surface area contributed by atoms with Crippen LogP contribution in [0.15, 0.2) is 188 Å². The lowest BCUT2D eigenvalue weighted by atomic mass is 9.87. The fourth-order valence-corrected chi connectivity index (χ4v) is 7.93. The highest BCUT2D eigenvalue weighted by atomic mass is 15.0. The summed E-state index contributed by atoms with van der Waals surface area (Å²) in [7, 11) is 0. The van der Waals surface area contributed by atoms with Crippen molar-refractivity contribution in [2.45, 2.75) is 0 Å². The summed E-state index contributed by atoms with van der Waals surface area (Å²) in [6.07, 6.45) is 0. The third-order valence-electron chi connectivity index (χ3n) is 10.1. The van der Waals surface area contributed by atoms with E-state index in [9.17, 15) is 0 Å². The van der Waals surface area contributed by atoms with Gasteiger partial charge in [-0.15, -0.1) is 0 Å². The standard InChI is InChI=1S/C48H31N/c1-3-14-32(15-4-1)35-26-27-42-41-23-11-12-25-46(41)49(47(42)31-35)37-19-13-18-34(28-37)36-29-44(33-16-5-2-6-17-33)48-43-24-10-9-21-39(43)38-20-7-8-22-40(38)45(48)30-36/h1-31H. The lowest BCUT2D eigenvalue weighted by Gasteiger charge is -2.17. The SMILES string of the molecule is c1ccc(-c2ccc3c4ccccc4n(-c4cccc(-c5cc(-c6ccccc6)c6c7ccccc7c7ccccc7c6c5)c4)c3c2)cc1. The van der Waals surface area contributed by atoms with E-state index in [4.69, 9.17) is 0 Å². The highest BCUT2D eigenvalue weighted by molar-refractivity contribution is 6.29. The van der Waals surface area contributed by atoms with Gasteiger partial charge < -0.3 is 4.57 Å². The van der Waals surface area contributed by atoms with Gasteiger partial charge in [0.05, 0.1) is 11.0 Å². The van der Waals surface area contributed by atoms with E-state index in [0.717, 1.165) is 5.69 Å². The van der Waals surface area contributed by atoms with Crippen LogP contribution in [0.1, 0.15) is 0 Å². The zero-order valence-electron chi connectivity index (χ0n) is 26.8. The Kier molecular flexibility index (Phi) is 6.25. The molecule has 1 heteroatoms. The zero-order valence-corrected chi connectivity index (χ0v) is 26.8. The van der Waals surface area contributed by atoms with Crippen LogP contribution in [-0.4, -0.2) is 4.57 Å². The molecule has 0 atom stereocenters. The molecule has 0 spiro atoms. The molecule has 1 nitrogen and oxygen atoms in total. The van der Waals surface area contributed by atoms with Crippen LogP contribution in [0.25, 0.3) is 93.2 Å². The number of hydrogen-bond donors (Lipinski definition) is 0. The highest BCUT2D eigenvalue weighted by Gasteiger charge is 2.17. The predicted molar refractivity (Wildman–Crippen MR) is 210 cm³/mol. The molecule has 0 fully saturated rings. The van der Waals surface area contributed by atoms with Crippen molar-refractivity contribution in [3.8, 4) is 39.1 Å². The molecule has 0 aliphatic rings. The Bertz CT molecular complexity index is 2860. The van der Waals surface area contributed by atoms with Crippen molar-refractivity contribution in [1.82, 2.24) is 4.57 Å². The number of para-hydroxylation sites is 1. The molecule has 0 aliphatic carbocycles. The molecule has 49 heavy (non-hydrogen) atoms. The van der Waals surface area contributed by atoms with Crippen LogP contribution < -0.4 is 0 Å². The predicted octanol–water partition coefficient (Wildman–Crippen LogP) is 13.2. The van der Waals surface area contributed by atoms with Gasteiger partial charge in [-0.25, -0.2) is 0 Å². The molecule has 0 aliphatic heterocycles. The molecule has 0 N–H and O–H groups in total. The number of fused-ring (bicyclic) bond motifs is 9. The third-order valence-corrected chi connectivity index (χ3v) is 10.1. The topological polar surface area (TPSA) is 4.93 Å². The van der Waals surface area contributed by atoms with E-state index in [0.29, 0.717) is 0 Å². The Morgan fingerprint density at radius 1 is 0.265 bits per heavy atom. The van der Waals surface area contributed by atoms with Crippen LogP contribution in [0.3, 0.4) is 0 Å². The monoisotopic (exact) mass is 621 g/mol. The van der Waals surface area contributed by atoms with E-state index in [1.54, 1.807) is 0 Å². The molecule has 1 heterocycles. The third kappa shape index (κ3) is 4.40. The van der Waals surface area contributed by atoms with E-state index in [-0.39, 0.29) is 0 Å². The second kappa shape index (κ2) is 11.1. The van der Waals surface area contributed by atoms with Gasteiger partial charge in [-0.2, -0.15) is 0 Å². The van der Waals surface area contributed by atoms with Crippen LogP contribution in [0.2, 0.25) is 0 Å². The Morgan fingerprint density at radius 2 is 0.816 bits per heavy atom. The molecule has 10 rings (SSSR count). The highest BCUT2D eigenvalue weighted by Crippen LogP contribution is 2.43. The average molecular weight is 622 g/mol. The number of aromatic nitrogens is 1. The van der Waals surface area contributed by atoms with Gasteiger partial charge in [0.25, 0.3) is 0 Å². The molecular formula is C48H31N. The van der Waals surface area contributed by atoms with E-state index < -0.39 is 0 Å². The van der Waals surface area contributed by atoms with Crippen LogP contribution in [-0.2, 0) is 0 Å². The summed E-state index contributed by atoms with van der Waals surface area (Å²) in [6, 6.07) is 68.8. The summed E-state index contributed by atoms with van der Waals surface area (Å²) in [5, 5.41) is 10.2. The second-order valence-electron chi connectivity index (χ2n) is 12.9. The Labute approximate surface area is 284 Å². The summed E-state index contributed by atoms with van der Waals surface area (Å²) >= 11 is 0. The van der Waals surface area contributed by atoms with Gasteiger partial charge in [-0.05, 0) is 102 Å².